The van der Waals surface area contributed by atoms with Crippen molar-refractivity contribution in [1.82, 2.24) is 0 Å². The van der Waals surface area contributed by atoms with Gasteiger partial charge in [-0.15, -0.1) is 0 Å². The summed E-state index contributed by atoms with van der Waals surface area (Å²) in [5, 5.41) is 15.1. The van der Waals surface area contributed by atoms with E-state index in [1.807, 2.05) is 19.1 Å². The van der Waals surface area contributed by atoms with Crippen LogP contribution in [0.1, 0.15) is 50.3 Å². The minimum absolute atomic E-state index is 0.416. The summed E-state index contributed by atoms with van der Waals surface area (Å²) in [6.45, 7) is 6.19. The number of rotatable bonds is 6. The fourth-order valence-corrected chi connectivity index (χ4v) is 4.58. The smallest absolute Gasteiger partial charge is 0.257 e. The van der Waals surface area contributed by atoms with Gasteiger partial charge >= 0.3 is 0 Å². The number of anilines is 1. The molecule has 0 spiro atoms. The van der Waals surface area contributed by atoms with Crippen LogP contribution in [0.4, 0.5) is 5.69 Å². The Morgan fingerprint density at radius 1 is 1.18 bits per heavy atom. The molecule has 2 aliphatic rings. The highest BCUT2D eigenvalue weighted by molar-refractivity contribution is 6.01. The number of methoxy groups -OCH3 is 2. The molecule has 0 aromatic heterocycles. The minimum Gasteiger partial charge on any atom is -0.497 e. The zero-order chi connectivity index (χ0) is 23.8. The van der Waals surface area contributed by atoms with Crippen LogP contribution in [0.15, 0.2) is 54.1 Å². The molecule has 0 saturated carbocycles. The molecule has 2 heterocycles. The molecule has 2 N–H and O–H groups in total. The summed E-state index contributed by atoms with van der Waals surface area (Å²) < 4.78 is 17.4. The average Bonchev–Trinajstić information content (AvgIpc) is 2.78. The molecule has 2 aromatic rings. The standard InChI is InChI=1S/C27H31NO5/c1-17(2)7-6-15-26(3)16-14-18-8-13-21-22(23(18)33-26)27(30,24(32-5)25(29)28-21)19-9-11-20(31-4)12-10-19/h7-14,16,24,30H,6,15H2,1-5H3,(H,28,29)/t24-,26?,27+/m1/s1. The van der Waals surface area contributed by atoms with Crippen LogP contribution in [-0.2, 0) is 15.1 Å². The van der Waals surface area contributed by atoms with Crippen LogP contribution >= 0.6 is 0 Å². The summed E-state index contributed by atoms with van der Waals surface area (Å²) in [4.78, 5) is 12.9. The maximum Gasteiger partial charge on any atom is 0.257 e. The first-order valence-corrected chi connectivity index (χ1v) is 11.1. The van der Waals surface area contributed by atoms with Crippen molar-refractivity contribution >= 4 is 17.7 Å². The maximum absolute atomic E-state index is 12.9. The normalized spacial score (nSPS) is 25.4. The Hall–Kier alpha value is -3.09. The van der Waals surface area contributed by atoms with Gasteiger partial charge < -0.3 is 24.6 Å². The van der Waals surface area contributed by atoms with Crippen molar-refractivity contribution in [2.24, 2.45) is 0 Å². The molecule has 0 saturated heterocycles. The third-order valence-corrected chi connectivity index (χ3v) is 6.35. The molecule has 3 atom stereocenters. The Labute approximate surface area is 194 Å². The van der Waals surface area contributed by atoms with Crippen LogP contribution in [0.5, 0.6) is 11.5 Å². The van der Waals surface area contributed by atoms with Gasteiger partial charge in [-0.05, 0) is 69.5 Å². The molecule has 33 heavy (non-hydrogen) atoms. The Bertz CT molecular complexity index is 1120. The average molecular weight is 450 g/mol. The summed E-state index contributed by atoms with van der Waals surface area (Å²) in [6, 6.07) is 10.7. The molecule has 0 aliphatic carbocycles. The molecular weight excluding hydrogens is 418 g/mol. The van der Waals surface area contributed by atoms with E-state index in [0.717, 1.165) is 18.4 Å². The monoisotopic (exact) mass is 449 g/mol. The van der Waals surface area contributed by atoms with Crippen molar-refractivity contribution in [2.75, 3.05) is 19.5 Å². The van der Waals surface area contributed by atoms with Crippen LogP contribution < -0.4 is 14.8 Å². The number of carbonyl (C=O) groups excluding carboxylic acids is 1. The number of ether oxygens (including phenoxy) is 3. The van der Waals surface area contributed by atoms with Crippen molar-refractivity contribution in [3.05, 3.63) is 70.8 Å². The molecule has 1 amide bonds. The number of allylic oxidation sites excluding steroid dienone is 2. The Morgan fingerprint density at radius 3 is 2.55 bits per heavy atom. The van der Waals surface area contributed by atoms with E-state index in [4.69, 9.17) is 14.2 Å². The van der Waals surface area contributed by atoms with Gasteiger partial charge in [-0.3, -0.25) is 4.79 Å². The number of amides is 1. The van der Waals surface area contributed by atoms with E-state index in [0.29, 0.717) is 28.3 Å². The van der Waals surface area contributed by atoms with E-state index in [1.54, 1.807) is 37.4 Å². The van der Waals surface area contributed by atoms with Gasteiger partial charge in [0.25, 0.3) is 5.91 Å². The number of hydrogen-bond donors (Lipinski definition) is 2. The number of benzene rings is 2. The highest BCUT2D eigenvalue weighted by Gasteiger charge is 2.52. The lowest BCUT2D eigenvalue weighted by molar-refractivity contribution is -0.142. The molecule has 0 bridgehead atoms. The third kappa shape index (κ3) is 4.05. The van der Waals surface area contributed by atoms with Gasteiger partial charge in [-0.1, -0.05) is 29.9 Å². The van der Waals surface area contributed by atoms with E-state index in [9.17, 15) is 9.90 Å². The highest BCUT2D eigenvalue weighted by Crippen LogP contribution is 2.50. The molecule has 4 rings (SSSR count). The van der Waals surface area contributed by atoms with Crippen LogP contribution in [0.3, 0.4) is 0 Å². The van der Waals surface area contributed by atoms with Crippen molar-refractivity contribution in [3.8, 4) is 11.5 Å². The molecule has 2 aromatic carbocycles. The summed E-state index contributed by atoms with van der Waals surface area (Å²) in [7, 11) is 3.00. The van der Waals surface area contributed by atoms with E-state index in [-0.39, 0.29) is 0 Å². The molecular formula is C27H31NO5. The molecule has 2 aliphatic heterocycles. The molecule has 174 valence electrons. The molecule has 1 unspecified atom stereocenters. The van der Waals surface area contributed by atoms with Gasteiger partial charge in [0, 0.05) is 12.7 Å². The largest absolute Gasteiger partial charge is 0.497 e. The molecule has 6 heteroatoms. The number of aliphatic hydroxyl groups is 1. The van der Waals surface area contributed by atoms with E-state index < -0.39 is 23.2 Å². The Morgan fingerprint density at radius 2 is 1.91 bits per heavy atom. The second-order valence-corrected chi connectivity index (χ2v) is 9.07. The predicted molar refractivity (Wildman–Crippen MR) is 129 cm³/mol. The fourth-order valence-electron chi connectivity index (χ4n) is 4.58. The van der Waals surface area contributed by atoms with Gasteiger partial charge in [0.15, 0.2) is 11.7 Å². The molecule has 0 fully saturated rings. The number of carbonyl (C=O) groups is 1. The topological polar surface area (TPSA) is 77.0 Å². The van der Waals surface area contributed by atoms with E-state index >= 15 is 0 Å². The SMILES string of the molecule is COc1ccc([C@]2(O)c3c(ccc4c3OC(C)(CCC=C(C)C)C=C4)NC(=O)[C@H]2OC)cc1. The zero-order valence-corrected chi connectivity index (χ0v) is 19.8. The van der Waals surface area contributed by atoms with Gasteiger partial charge in [0.2, 0.25) is 0 Å². The van der Waals surface area contributed by atoms with Crippen LogP contribution in [-0.4, -0.2) is 36.9 Å². The van der Waals surface area contributed by atoms with Gasteiger partial charge in [0.05, 0.1) is 18.4 Å². The number of nitrogens with one attached hydrogen (secondary N) is 1. The summed E-state index contributed by atoms with van der Waals surface area (Å²) in [5.74, 6) is 0.786. The van der Waals surface area contributed by atoms with Crippen LogP contribution in [0.25, 0.3) is 6.08 Å². The fraction of sp³-hybridized carbons (Fsp3) is 0.370. The second-order valence-electron chi connectivity index (χ2n) is 9.07. The van der Waals surface area contributed by atoms with Crippen molar-refractivity contribution < 1.29 is 24.1 Å². The van der Waals surface area contributed by atoms with Gasteiger partial charge in [-0.25, -0.2) is 0 Å². The predicted octanol–water partition coefficient (Wildman–Crippen LogP) is 4.81. The lowest BCUT2D eigenvalue weighted by Gasteiger charge is -2.43. The zero-order valence-electron chi connectivity index (χ0n) is 19.8. The summed E-state index contributed by atoms with van der Waals surface area (Å²) >= 11 is 0. The van der Waals surface area contributed by atoms with E-state index in [2.05, 4.69) is 31.3 Å². The first-order valence-electron chi connectivity index (χ1n) is 11.1. The second kappa shape index (κ2) is 8.69. The van der Waals surface area contributed by atoms with Crippen molar-refractivity contribution in [2.45, 2.75) is 50.9 Å². The first kappa shape index (κ1) is 23.1. The Kier molecular flexibility index (Phi) is 6.08. The van der Waals surface area contributed by atoms with E-state index in [1.165, 1.54) is 12.7 Å². The van der Waals surface area contributed by atoms with Crippen molar-refractivity contribution in [1.29, 1.82) is 0 Å². The lowest BCUT2D eigenvalue weighted by atomic mass is 9.76. The van der Waals surface area contributed by atoms with Gasteiger partial charge in [0.1, 0.15) is 17.1 Å². The Balaban J connectivity index is 1.86. The summed E-state index contributed by atoms with van der Waals surface area (Å²) in [5.41, 5.74) is 1.31. The van der Waals surface area contributed by atoms with Gasteiger partial charge in [-0.2, -0.15) is 0 Å². The van der Waals surface area contributed by atoms with Crippen molar-refractivity contribution in [3.63, 3.8) is 0 Å². The quantitative estimate of drug-likeness (QED) is 0.619. The lowest BCUT2D eigenvalue weighted by Crippen LogP contribution is -2.53. The number of fused-ring (bicyclic) bond motifs is 3. The number of hydrogen-bond acceptors (Lipinski definition) is 5. The third-order valence-electron chi connectivity index (χ3n) is 6.35. The molecule has 6 nitrogen and oxygen atoms in total. The maximum atomic E-state index is 12.9. The molecule has 0 radical (unpaired) electrons. The minimum atomic E-state index is -1.75. The highest BCUT2D eigenvalue weighted by atomic mass is 16.5. The van der Waals surface area contributed by atoms with Crippen LogP contribution in [0.2, 0.25) is 0 Å². The first-order chi connectivity index (χ1) is 15.7. The summed E-state index contributed by atoms with van der Waals surface area (Å²) in [6.07, 6.45) is 6.76. The van der Waals surface area contributed by atoms with Crippen LogP contribution in [0, 0.1) is 0 Å².